The minimum atomic E-state index is -0.753. The number of likely N-dealkylation sites (tertiary alicyclic amines) is 1. The second-order valence-electron chi connectivity index (χ2n) is 6.70. The molecule has 1 heterocycles. The first kappa shape index (κ1) is 16.1. The number of hydrogen-bond acceptors (Lipinski definition) is 2. The molecule has 0 aromatic rings. The summed E-state index contributed by atoms with van der Waals surface area (Å²) < 4.78 is 0. The van der Waals surface area contributed by atoms with Crippen LogP contribution in [0.3, 0.4) is 0 Å². The Morgan fingerprint density at radius 3 is 2.71 bits per heavy atom. The molecule has 1 saturated carbocycles. The fourth-order valence-corrected chi connectivity index (χ4v) is 3.63. The number of urea groups is 1. The maximum atomic E-state index is 12.3. The molecular weight excluding hydrogens is 268 g/mol. The lowest BCUT2D eigenvalue weighted by molar-refractivity contribution is -0.152. The summed E-state index contributed by atoms with van der Waals surface area (Å²) in [7, 11) is 0. The Morgan fingerprint density at radius 2 is 2.10 bits per heavy atom. The Labute approximate surface area is 127 Å². The molecular formula is C16H28N2O3. The first-order valence-corrected chi connectivity index (χ1v) is 8.31. The third kappa shape index (κ3) is 3.69. The summed E-state index contributed by atoms with van der Waals surface area (Å²) in [5.41, 5.74) is -0.739. The van der Waals surface area contributed by atoms with Gasteiger partial charge in [-0.25, -0.2) is 4.79 Å². The van der Waals surface area contributed by atoms with Crippen molar-refractivity contribution in [3.8, 4) is 0 Å². The van der Waals surface area contributed by atoms with Crippen LogP contribution in [0.15, 0.2) is 0 Å². The van der Waals surface area contributed by atoms with Gasteiger partial charge in [0.05, 0.1) is 5.41 Å². The van der Waals surface area contributed by atoms with E-state index in [0.29, 0.717) is 37.9 Å². The van der Waals surface area contributed by atoms with Gasteiger partial charge >= 0.3 is 12.0 Å². The van der Waals surface area contributed by atoms with Gasteiger partial charge in [-0.05, 0) is 38.0 Å². The van der Waals surface area contributed by atoms with Crippen LogP contribution in [0.4, 0.5) is 4.79 Å². The molecule has 21 heavy (non-hydrogen) atoms. The second kappa shape index (κ2) is 6.67. The number of carbonyl (C=O) groups is 2. The van der Waals surface area contributed by atoms with Crippen LogP contribution in [-0.4, -0.2) is 41.1 Å². The highest BCUT2D eigenvalue weighted by Gasteiger charge is 2.44. The van der Waals surface area contributed by atoms with Crippen molar-refractivity contribution in [1.29, 1.82) is 0 Å². The predicted molar refractivity (Wildman–Crippen MR) is 81.1 cm³/mol. The number of carboxylic acids is 1. The highest BCUT2D eigenvalue weighted by atomic mass is 16.4. The van der Waals surface area contributed by atoms with Gasteiger partial charge in [-0.15, -0.1) is 0 Å². The standard InChI is InChI=1S/C16H28N2O3/c1-3-6-12-10-13(12)17-15(21)18-9-5-8-16(11-18,7-4-2)14(19)20/h12-13H,3-11H2,1-2H3,(H,17,21)(H,19,20). The smallest absolute Gasteiger partial charge is 0.317 e. The molecule has 2 aliphatic rings. The van der Waals surface area contributed by atoms with Crippen molar-refractivity contribution in [2.24, 2.45) is 11.3 Å². The zero-order chi connectivity index (χ0) is 15.5. The lowest BCUT2D eigenvalue weighted by Gasteiger charge is -2.39. The molecule has 0 spiro atoms. The van der Waals surface area contributed by atoms with E-state index in [4.69, 9.17) is 0 Å². The summed E-state index contributed by atoms with van der Waals surface area (Å²) >= 11 is 0. The van der Waals surface area contributed by atoms with Gasteiger partial charge in [0, 0.05) is 19.1 Å². The van der Waals surface area contributed by atoms with E-state index in [1.807, 2.05) is 6.92 Å². The number of rotatable bonds is 6. The number of carbonyl (C=O) groups excluding carboxylic acids is 1. The van der Waals surface area contributed by atoms with Gasteiger partial charge in [0.25, 0.3) is 0 Å². The largest absolute Gasteiger partial charge is 0.481 e. The molecule has 0 aromatic heterocycles. The molecule has 2 fully saturated rings. The number of hydrogen-bond donors (Lipinski definition) is 2. The molecule has 1 aliphatic carbocycles. The van der Waals surface area contributed by atoms with Crippen LogP contribution in [0.25, 0.3) is 0 Å². The van der Waals surface area contributed by atoms with E-state index < -0.39 is 11.4 Å². The van der Waals surface area contributed by atoms with Gasteiger partial charge in [-0.1, -0.05) is 26.7 Å². The molecule has 2 N–H and O–H groups in total. The van der Waals surface area contributed by atoms with Gasteiger partial charge < -0.3 is 15.3 Å². The van der Waals surface area contributed by atoms with Gasteiger partial charge in [-0.3, -0.25) is 4.79 Å². The molecule has 5 nitrogen and oxygen atoms in total. The first-order valence-electron chi connectivity index (χ1n) is 8.31. The number of piperidine rings is 1. The van der Waals surface area contributed by atoms with E-state index in [1.54, 1.807) is 4.90 Å². The monoisotopic (exact) mass is 296 g/mol. The van der Waals surface area contributed by atoms with Gasteiger partial charge in [-0.2, -0.15) is 0 Å². The van der Waals surface area contributed by atoms with Crippen molar-refractivity contribution < 1.29 is 14.7 Å². The Kier molecular flexibility index (Phi) is 5.12. The summed E-state index contributed by atoms with van der Waals surface area (Å²) in [4.78, 5) is 25.7. The van der Waals surface area contributed by atoms with Crippen LogP contribution in [0.1, 0.15) is 58.8 Å². The van der Waals surface area contributed by atoms with Gasteiger partial charge in [0.15, 0.2) is 0 Å². The summed E-state index contributed by atoms with van der Waals surface area (Å²) in [5, 5.41) is 12.6. The van der Waals surface area contributed by atoms with E-state index >= 15 is 0 Å². The Morgan fingerprint density at radius 1 is 1.33 bits per heavy atom. The maximum Gasteiger partial charge on any atom is 0.317 e. The summed E-state index contributed by atoms with van der Waals surface area (Å²) in [6.45, 7) is 5.19. The molecule has 3 unspecified atom stereocenters. The minimum absolute atomic E-state index is 0.0694. The number of nitrogens with zero attached hydrogens (tertiary/aromatic N) is 1. The van der Waals surface area contributed by atoms with Crippen molar-refractivity contribution in [2.45, 2.75) is 64.8 Å². The van der Waals surface area contributed by atoms with Crippen LogP contribution in [-0.2, 0) is 4.79 Å². The maximum absolute atomic E-state index is 12.3. The number of carboxylic acid groups (broad SMARTS) is 1. The van der Waals surface area contributed by atoms with Gasteiger partial charge in [0.1, 0.15) is 0 Å². The zero-order valence-electron chi connectivity index (χ0n) is 13.2. The van der Waals surface area contributed by atoms with Crippen LogP contribution < -0.4 is 5.32 Å². The van der Waals surface area contributed by atoms with Crippen molar-refractivity contribution in [3.05, 3.63) is 0 Å². The molecule has 120 valence electrons. The lowest BCUT2D eigenvalue weighted by atomic mass is 9.76. The molecule has 3 atom stereocenters. The normalized spacial score (nSPS) is 31.8. The van der Waals surface area contributed by atoms with E-state index in [0.717, 1.165) is 25.7 Å². The second-order valence-corrected chi connectivity index (χ2v) is 6.70. The predicted octanol–water partition coefficient (Wildman–Crippen LogP) is 2.85. The molecule has 1 saturated heterocycles. The minimum Gasteiger partial charge on any atom is -0.481 e. The van der Waals surface area contributed by atoms with E-state index in [-0.39, 0.29) is 6.03 Å². The first-order chi connectivity index (χ1) is 10.0. The molecule has 5 heteroatoms. The van der Waals surface area contributed by atoms with Crippen molar-refractivity contribution >= 4 is 12.0 Å². The molecule has 2 rings (SSSR count). The van der Waals surface area contributed by atoms with Gasteiger partial charge in [0.2, 0.25) is 0 Å². The molecule has 0 radical (unpaired) electrons. The lowest BCUT2D eigenvalue weighted by Crippen LogP contribution is -2.53. The topological polar surface area (TPSA) is 69.6 Å². The number of nitrogens with one attached hydrogen (secondary N) is 1. The van der Waals surface area contributed by atoms with Crippen molar-refractivity contribution in [2.75, 3.05) is 13.1 Å². The molecule has 0 aromatic carbocycles. The third-order valence-electron chi connectivity index (χ3n) is 4.94. The summed E-state index contributed by atoms with van der Waals surface area (Å²) in [6, 6.07) is 0.241. The Hall–Kier alpha value is -1.26. The fourth-order valence-electron chi connectivity index (χ4n) is 3.63. The highest BCUT2D eigenvalue weighted by molar-refractivity contribution is 5.79. The van der Waals surface area contributed by atoms with Crippen LogP contribution in [0, 0.1) is 11.3 Å². The summed E-state index contributed by atoms with van der Waals surface area (Å²) in [5.74, 6) is -0.124. The molecule has 2 amide bonds. The molecule has 1 aliphatic heterocycles. The van der Waals surface area contributed by atoms with Crippen molar-refractivity contribution in [1.82, 2.24) is 10.2 Å². The fraction of sp³-hybridized carbons (Fsp3) is 0.875. The average molecular weight is 296 g/mol. The van der Waals surface area contributed by atoms with E-state index in [9.17, 15) is 14.7 Å². The van der Waals surface area contributed by atoms with Crippen LogP contribution >= 0.6 is 0 Å². The SMILES string of the molecule is CCCC1CC1NC(=O)N1CCCC(CCC)(C(=O)O)C1. The average Bonchev–Trinajstić information content (AvgIpc) is 3.17. The van der Waals surface area contributed by atoms with E-state index in [2.05, 4.69) is 12.2 Å². The highest BCUT2D eigenvalue weighted by Crippen LogP contribution is 2.37. The van der Waals surface area contributed by atoms with Crippen LogP contribution in [0.5, 0.6) is 0 Å². The Bertz CT molecular complexity index is 395. The third-order valence-corrected chi connectivity index (χ3v) is 4.94. The number of aliphatic carboxylic acids is 1. The quantitative estimate of drug-likeness (QED) is 0.792. The van der Waals surface area contributed by atoms with Crippen molar-refractivity contribution in [3.63, 3.8) is 0 Å². The summed E-state index contributed by atoms with van der Waals surface area (Å²) in [6.07, 6.45) is 6.34. The van der Waals surface area contributed by atoms with Crippen LogP contribution in [0.2, 0.25) is 0 Å². The zero-order valence-corrected chi connectivity index (χ0v) is 13.2. The van der Waals surface area contributed by atoms with E-state index in [1.165, 1.54) is 6.42 Å². The molecule has 0 bridgehead atoms. The number of amides is 2. The Balaban J connectivity index is 1.91.